The van der Waals surface area contributed by atoms with Crippen molar-refractivity contribution in [1.82, 2.24) is 0 Å². The third-order valence-corrected chi connectivity index (χ3v) is 3.04. The maximum Gasteiger partial charge on any atom is 0.326 e. The first kappa shape index (κ1) is 11.5. The van der Waals surface area contributed by atoms with Crippen LogP contribution in [0.1, 0.15) is 33.1 Å². The Morgan fingerprint density at radius 3 is 2.57 bits per heavy atom. The summed E-state index contributed by atoms with van der Waals surface area (Å²) in [6, 6.07) is 0. The molecule has 1 rings (SSSR count). The van der Waals surface area contributed by atoms with E-state index in [2.05, 4.69) is 0 Å². The van der Waals surface area contributed by atoms with E-state index in [1.807, 2.05) is 13.8 Å². The van der Waals surface area contributed by atoms with Gasteiger partial charge in [0.05, 0.1) is 6.10 Å². The van der Waals surface area contributed by atoms with Crippen LogP contribution in [0.25, 0.3) is 0 Å². The van der Waals surface area contributed by atoms with Gasteiger partial charge in [-0.2, -0.15) is 0 Å². The van der Waals surface area contributed by atoms with Gasteiger partial charge in [-0.3, -0.25) is 4.79 Å². The van der Waals surface area contributed by atoms with E-state index >= 15 is 0 Å². The molecule has 0 spiro atoms. The van der Waals surface area contributed by atoms with Crippen LogP contribution in [0.2, 0.25) is 0 Å². The second-order valence-electron chi connectivity index (χ2n) is 4.25. The van der Waals surface area contributed by atoms with Crippen LogP contribution >= 0.6 is 0 Å². The lowest BCUT2D eigenvalue weighted by Crippen LogP contribution is -2.62. The number of hydrogen-bond acceptors (Lipinski definition) is 3. The Hall–Kier alpha value is -0.610. The molecule has 0 aromatic carbocycles. The molecule has 82 valence electrons. The predicted octanol–water partition coefficient (Wildman–Crippen LogP) is 0.994. The molecule has 0 radical (unpaired) electrons. The smallest absolute Gasteiger partial charge is 0.326 e. The lowest BCUT2D eigenvalue weighted by Gasteiger charge is -2.38. The monoisotopic (exact) mass is 201 g/mol. The molecule has 2 unspecified atom stereocenters. The van der Waals surface area contributed by atoms with E-state index in [1.165, 1.54) is 0 Å². The fraction of sp³-hybridized carbons (Fsp3) is 0.900. The Morgan fingerprint density at radius 2 is 2.21 bits per heavy atom. The van der Waals surface area contributed by atoms with Gasteiger partial charge in [0, 0.05) is 6.61 Å². The minimum atomic E-state index is -1.24. The summed E-state index contributed by atoms with van der Waals surface area (Å²) < 4.78 is 5.46. The van der Waals surface area contributed by atoms with Crippen molar-refractivity contribution in [3.63, 3.8) is 0 Å². The second-order valence-corrected chi connectivity index (χ2v) is 4.25. The molecule has 3 N–H and O–H groups in total. The highest BCUT2D eigenvalue weighted by molar-refractivity contribution is 5.79. The van der Waals surface area contributed by atoms with Crippen LogP contribution in [-0.2, 0) is 9.53 Å². The Balaban J connectivity index is 2.80. The average molecular weight is 201 g/mol. The predicted molar refractivity (Wildman–Crippen MR) is 53.0 cm³/mol. The minimum Gasteiger partial charge on any atom is -0.480 e. The molecule has 4 nitrogen and oxygen atoms in total. The zero-order valence-corrected chi connectivity index (χ0v) is 8.82. The van der Waals surface area contributed by atoms with Crippen LogP contribution in [0.4, 0.5) is 0 Å². The first-order chi connectivity index (χ1) is 6.49. The van der Waals surface area contributed by atoms with E-state index in [1.54, 1.807) is 0 Å². The van der Waals surface area contributed by atoms with Crippen molar-refractivity contribution in [1.29, 1.82) is 0 Å². The minimum absolute atomic E-state index is 0.122. The molecule has 1 aliphatic heterocycles. The largest absolute Gasteiger partial charge is 0.480 e. The number of rotatable bonds is 3. The highest BCUT2D eigenvalue weighted by Crippen LogP contribution is 2.28. The molecule has 1 fully saturated rings. The maximum absolute atomic E-state index is 11.2. The molecule has 0 amide bonds. The van der Waals surface area contributed by atoms with Crippen LogP contribution < -0.4 is 5.73 Å². The van der Waals surface area contributed by atoms with E-state index in [0.29, 0.717) is 6.61 Å². The third kappa shape index (κ3) is 1.91. The Kier molecular flexibility index (Phi) is 3.50. The van der Waals surface area contributed by atoms with Crippen LogP contribution in [0, 0.1) is 5.92 Å². The first-order valence-corrected chi connectivity index (χ1v) is 5.13. The van der Waals surface area contributed by atoms with Gasteiger partial charge in [-0.1, -0.05) is 13.8 Å². The molecule has 2 atom stereocenters. The molecule has 1 saturated heterocycles. The quantitative estimate of drug-likeness (QED) is 0.714. The van der Waals surface area contributed by atoms with Crippen LogP contribution in [0.5, 0.6) is 0 Å². The normalized spacial score (nSPS) is 27.3. The number of carbonyl (C=O) groups is 1. The summed E-state index contributed by atoms with van der Waals surface area (Å²) in [6.45, 7) is 4.28. The van der Waals surface area contributed by atoms with Crippen LogP contribution in [0.3, 0.4) is 0 Å². The summed E-state index contributed by atoms with van der Waals surface area (Å²) >= 11 is 0. The van der Waals surface area contributed by atoms with E-state index in [9.17, 15) is 4.79 Å². The van der Waals surface area contributed by atoms with Gasteiger partial charge in [0.2, 0.25) is 0 Å². The molecular weight excluding hydrogens is 182 g/mol. The summed E-state index contributed by atoms with van der Waals surface area (Å²) in [7, 11) is 0. The van der Waals surface area contributed by atoms with E-state index in [4.69, 9.17) is 15.6 Å². The van der Waals surface area contributed by atoms with Gasteiger partial charge >= 0.3 is 5.97 Å². The van der Waals surface area contributed by atoms with Gasteiger partial charge in [0.15, 0.2) is 0 Å². The molecule has 0 bridgehead atoms. The van der Waals surface area contributed by atoms with Gasteiger partial charge in [-0.05, 0) is 25.2 Å². The van der Waals surface area contributed by atoms with Crippen molar-refractivity contribution < 1.29 is 14.6 Å². The zero-order valence-electron chi connectivity index (χ0n) is 8.82. The molecule has 0 aromatic rings. The lowest BCUT2D eigenvalue weighted by molar-refractivity contribution is -0.155. The summed E-state index contributed by atoms with van der Waals surface area (Å²) in [4.78, 5) is 11.2. The molecule has 14 heavy (non-hydrogen) atoms. The Bertz CT molecular complexity index is 211. The lowest BCUT2D eigenvalue weighted by atomic mass is 9.79. The molecular formula is C10H19NO3. The number of ether oxygens (including phenoxy) is 1. The van der Waals surface area contributed by atoms with Crippen molar-refractivity contribution in [2.75, 3.05) is 6.61 Å². The SMILES string of the molecule is CC(C)C(N)(C(=O)O)C1CCCCO1. The summed E-state index contributed by atoms with van der Waals surface area (Å²) in [5, 5.41) is 9.15. The number of nitrogens with two attached hydrogens (primary N) is 1. The number of carboxylic acids is 1. The van der Waals surface area contributed by atoms with Crippen molar-refractivity contribution in [2.24, 2.45) is 11.7 Å². The van der Waals surface area contributed by atoms with Crippen LogP contribution in [-0.4, -0.2) is 29.3 Å². The average Bonchev–Trinajstić information content (AvgIpc) is 2.17. The Morgan fingerprint density at radius 1 is 1.57 bits per heavy atom. The van der Waals surface area contributed by atoms with E-state index < -0.39 is 11.5 Å². The van der Waals surface area contributed by atoms with Crippen molar-refractivity contribution in [3.8, 4) is 0 Å². The molecule has 1 aliphatic rings. The highest BCUT2D eigenvalue weighted by Gasteiger charge is 2.46. The zero-order chi connectivity index (χ0) is 10.8. The van der Waals surface area contributed by atoms with Crippen molar-refractivity contribution in [3.05, 3.63) is 0 Å². The van der Waals surface area contributed by atoms with Gasteiger partial charge in [0.25, 0.3) is 0 Å². The molecule has 0 aliphatic carbocycles. The highest BCUT2D eigenvalue weighted by atomic mass is 16.5. The molecule has 0 aromatic heterocycles. The standard InChI is InChI=1S/C10H19NO3/c1-7(2)10(11,9(12)13)8-5-3-4-6-14-8/h7-8H,3-6,11H2,1-2H3,(H,12,13). The third-order valence-electron chi connectivity index (χ3n) is 3.04. The Labute approximate surface area is 84.4 Å². The number of carboxylic acid groups (broad SMARTS) is 1. The summed E-state index contributed by atoms with van der Waals surface area (Å²) in [6.07, 6.45) is 2.42. The second kappa shape index (κ2) is 4.28. The topological polar surface area (TPSA) is 72.6 Å². The molecule has 0 saturated carbocycles. The van der Waals surface area contributed by atoms with Gasteiger partial charge < -0.3 is 15.6 Å². The fourth-order valence-corrected chi connectivity index (χ4v) is 1.87. The van der Waals surface area contributed by atoms with Crippen LogP contribution in [0.15, 0.2) is 0 Å². The van der Waals surface area contributed by atoms with Crippen molar-refractivity contribution in [2.45, 2.75) is 44.8 Å². The molecule has 4 heteroatoms. The van der Waals surface area contributed by atoms with Gasteiger partial charge in [-0.15, -0.1) is 0 Å². The molecule has 1 heterocycles. The summed E-state index contributed by atoms with van der Waals surface area (Å²) in [5.74, 6) is -1.08. The fourth-order valence-electron chi connectivity index (χ4n) is 1.87. The van der Waals surface area contributed by atoms with E-state index in [-0.39, 0.29) is 12.0 Å². The van der Waals surface area contributed by atoms with E-state index in [0.717, 1.165) is 19.3 Å². The van der Waals surface area contributed by atoms with Gasteiger partial charge in [0.1, 0.15) is 5.54 Å². The van der Waals surface area contributed by atoms with Gasteiger partial charge in [-0.25, -0.2) is 0 Å². The van der Waals surface area contributed by atoms with Crippen molar-refractivity contribution >= 4 is 5.97 Å². The summed E-state index contributed by atoms with van der Waals surface area (Å²) in [5.41, 5.74) is 4.70. The number of hydrogen-bond donors (Lipinski definition) is 2. The number of aliphatic carboxylic acids is 1. The first-order valence-electron chi connectivity index (χ1n) is 5.13. The maximum atomic E-state index is 11.2.